The molecule has 0 atom stereocenters. The number of hydrogen-bond donors (Lipinski definition) is 1. The van der Waals surface area contributed by atoms with Crippen LogP contribution in [0.25, 0.3) is 0 Å². The average molecular weight is 396 g/mol. The number of esters is 1. The minimum Gasteiger partial charge on any atom is -0.482 e. The maximum absolute atomic E-state index is 11.9. The lowest BCUT2D eigenvalue weighted by atomic mass is 10.2. The van der Waals surface area contributed by atoms with Crippen LogP contribution in [-0.2, 0) is 14.3 Å². The number of methoxy groups -OCH3 is 2. The summed E-state index contributed by atoms with van der Waals surface area (Å²) in [6.45, 7) is 0.923. The van der Waals surface area contributed by atoms with Crippen molar-refractivity contribution in [2.24, 2.45) is 0 Å². The zero-order chi connectivity index (χ0) is 19.8. The van der Waals surface area contributed by atoms with E-state index in [4.69, 9.17) is 30.5 Å². The number of anilines is 1. The predicted molar refractivity (Wildman–Crippen MR) is 96.4 cm³/mol. The van der Waals surface area contributed by atoms with Crippen LogP contribution in [0.4, 0.5) is 5.95 Å². The van der Waals surface area contributed by atoms with Crippen LogP contribution in [0, 0.1) is 6.92 Å². The highest BCUT2D eigenvalue weighted by Crippen LogP contribution is 2.21. The van der Waals surface area contributed by atoms with Crippen molar-refractivity contribution in [2.75, 3.05) is 32.8 Å². The Bertz CT molecular complexity index is 808. The molecule has 0 unspecified atom stereocenters. The Labute approximate surface area is 160 Å². The quantitative estimate of drug-likeness (QED) is 0.676. The second kappa shape index (κ2) is 9.58. The second-order valence-electron chi connectivity index (χ2n) is 5.18. The molecule has 10 heteroatoms. The van der Waals surface area contributed by atoms with Gasteiger partial charge in [0.05, 0.1) is 20.3 Å². The second-order valence-corrected chi connectivity index (χ2v) is 5.62. The fourth-order valence-corrected chi connectivity index (χ4v) is 2.16. The molecule has 2 rings (SSSR count). The molecule has 0 aliphatic carbocycles. The number of amides is 1. The van der Waals surface area contributed by atoms with Gasteiger partial charge in [0.25, 0.3) is 5.91 Å². The van der Waals surface area contributed by atoms with E-state index < -0.39 is 18.5 Å². The summed E-state index contributed by atoms with van der Waals surface area (Å²) >= 11 is 5.85. The van der Waals surface area contributed by atoms with Gasteiger partial charge in [0.2, 0.25) is 17.7 Å². The van der Waals surface area contributed by atoms with E-state index in [0.717, 1.165) is 5.56 Å². The molecule has 0 radical (unpaired) electrons. The normalized spacial score (nSPS) is 10.1. The van der Waals surface area contributed by atoms with Gasteiger partial charge in [-0.05, 0) is 30.7 Å². The van der Waals surface area contributed by atoms with Gasteiger partial charge in [-0.3, -0.25) is 10.1 Å². The first-order valence-corrected chi connectivity index (χ1v) is 8.10. The van der Waals surface area contributed by atoms with Crippen molar-refractivity contribution in [3.63, 3.8) is 0 Å². The highest BCUT2D eigenvalue weighted by molar-refractivity contribution is 6.30. The van der Waals surface area contributed by atoms with Gasteiger partial charge in [0.15, 0.2) is 13.2 Å². The molecule has 144 valence electrons. The molecule has 0 aliphatic rings. The summed E-state index contributed by atoms with van der Waals surface area (Å²) < 4.78 is 20.1. The van der Waals surface area contributed by atoms with Gasteiger partial charge >= 0.3 is 5.97 Å². The van der Waals surface area contributed by atoms with Gasteiger partial charge in [0, 0.05) is 5.02 Å². The van der Waals surface area contributed by atoms with E-state index in [1.807, 2.05) is 0 Å². The van der Waals surface area contributed by atoms with E-state index in [0.29, 0.717) is 10.8 Å². The van der Waals surface area contributed by atoms with Gasteiger partial charge in [0.1, 0.15) is 5.75 Å². The van der Waals surface area contributed by atoms with Crippen LogP contribution in [0.3, 0.4) is 0 Å². The van der Waals surface area contributed by atoms with E-state index in [1.165, 1.54) is 20.3 Å². The van der Waals surface area contributed by atoms with Crippen molar-refractivity contribution in [2.45, 2.75) is 6.92 Å². The average Bonchev–Trinajstić information content (AvgIpc) is 2.65. The number of carbonyl (C=O) groups excluding carboxylic acids is 2. The molecular formula is C17H18ClN3O6. The summed E-state index contributed by atoms with van der Waals surface area (Å²) in [6, 6.07) is 6.44. The molecule has 1 amide bonds. The van der Waals surface area contributed by atoms with Crippen molar-refractivity contribution in [3.05, 3.63) is 34.9 Å². The summed E-state index contributed by atoms with van der Waals surface area (Å²) in [5.74, 6) is -0.454. The molecule has 2 aromatic rings. The first kappa shape index (κ1) is 20.2. The minimum atomic E-state index is -0.705. The zero-order valence-corrected chi connectivity index (χ0v) is 15.7. The lowest BCUT2D eigenvalue weighted by Crippen LogP contribution is -2.24. The van der Waals surface area contributed by atoms with Gasteiger partial charge < -0.3 is 18.9 Å². The Hall–Kier alpha value is -3.07. The van der Waals surface area contributed by atoms with Crippen molar-refractivity contribution >= 4 is 29.4 Å². The Morgan fingerprint density at radius 2 is 1.74 bits per heavy atom. The molecule has 0 saturated carbocycles. The van der Waals surface area contributed by atoms with Crippen LogP contribution in [0.5, 0.6) is 17.5 Å². The smallest absolute Gasteiger partial charge is 0.344 e. The van der Waals surface area contributed by atoms with Crippen molar-refractivity contribution < 1.29 is 28.5 Å². The minimum absolute atomic E-state index is 0.0414. The molecule has 0 spiro atoms. The molecule has 0 fully saturated rings. The highest BCUT2D eigenvalue weighted by Gasteiger charge is 2.12. The van der Waals surface area contributed by atoms with E-state index in [1.54, 1.807) is 25.1 Å². The molecule has 0 bridgehead atoms. The van der Waals surface area contributed by atoms with Gasteiger partial charge in [-0.25, -0.2) is 4.79 Å². The molecule has 27 heavy (non-hydrogen) atoms. The summed E-state index contributed by atoms with van der Waals surface area (Å²) in [4.78, 5) is 31.5. The number of nitrogens with zero attached hydrogens (tertiary/aromatic N) is 2. The lowest BCUT2D eigenvalue weighted by Gasteiger charge is -2.10. The summed E-state index contributed by atoms with van der Waals surface area (Å²) in [7, 11) is 2.83. The largest absolute Gasteiger partial charge is 0.482 e. The Balaban J connectivity index is 1.82. The number of ether oxygens (including phenoxy) is 4. The first-order chi connectivity index (χ1) is 12.9. The van der Waals surface area contributed by atoms with E-state index in [2.05, 4.69) is 15.3 Å². The first-order valence-electron chi connectivity index (χ1n) is 7.72. The standard InChI is InChI=1S/C17H18ClN3O6/c1-10-6-11(18)4-5-12(10)26-9-16(23)27-8-13(22)19-17-20-14(24-2)7-15(21-17)25-3/h4-7H,8-9H2,1-3H3,(H,19,20,21,22). The molecule has 1 aromatic carbocycles. The maximum Gasteiger partial charge on any atom is 0.344 e. The third-order valence-corrected chi connectivity index (χ3v) is 3.43. The molecule has 0 saturated heterocycles. The Kier molecular flexibility index (Phi) is 7.18. The van der Waals surface area contributed by atoms with Gasteiger partial charge in [-0.15, -0.1) is 0 Å². The van der Waals surface area contributed by atoms with Crippen LogP contribution in [-0.4, -0.2) is 49.3 Å². The number of aromatic nitrogens is 2. The van der Waals surface area contributed by atoms with Gasteiger partial charge in [-0.2, -0.15) is 9.97 Å². The Morgan fingerprint density at radius 1 is 1.07 bits per heavy atom. The van der Waals surface area contributed by atoms with E-state index >= 15 is 0 Å². The number of halogens is 1. The summed E-state index contributed by atoms with van der Waals surface area (Å²) in [5.41, 5.74) is 0.775. The fourth-order valence-electron chi connectivity index (χ4n) is 1.93. The SMILES string of the molecule is COc1cc(OC)nc(NC(=O)COC(=O)COc2ccc(Cl)cc2C)n1. The Morgan fingerprint density at radius 3 is 2.33 bits per heavy atom. The van der Waals surface area contributed by atoms with Crippen molar-refractivity contribution in [3.8, 4) is 17.5 Å². The molecule has 1 heterocycles. The molecule has 1 N–H and O–H groups in total. The fraction of sp³-hybridized carbons (Fsp3) is 0.294. The van der Waals surface area contributed by atoms with Crippen molar-refractivity contribution in [1.82, 2.24) is 9.97 Å². The molecule has 0 aliphatic heterocycles. The van der Waals surface area contributed by atoms with Crippen LogP contribution in [0.1, 0.15) is 5.56 Å². The number of benzene rings is 1. The number of carbonyl (C=O) groups is 2. The van der Waals surface area contributed by atoms with Crippen LogP contribution >= 0.6 is 11.6 Å². The topological polar surface area (TPSA) is 109 Å². The van der Waals surface area contributed by atoms with Crippen molar-refractivity contribution in [1.29, 1.82) is 0 Å². The lowest BCUT2D eigenvalue weighted by molar-refractivity contribution is -0.149. The van der Waals surface area contributed by atoms with Crippen LogP contribution in [0.2, 0.25) is 5.02 Å². The maximum atomic E-state index is 11.9. The summed E-state index contributed by atoms with van der Waals surface area (Å²) in [5, 5.41) is 2.95. The molecular weight excluding hydrogens is 378 g/mol. The monoisotopic (exact) mass is 395 g/mol. The molecule has 9 nitrogen and oxygen atoms in total. The summed E-state index contributed by atoms with van der Waals surface area (Å²) in [6.07, 6.45) is 0. The van der Waals surface area contributed by atoms with E-state index in [9.17, 15) is 9.59 Å². The van der Waals surface area contributed by atoms with Crippen LogP contribution in [0.15, 0.2) is 24.3 Å². The number of aryl methyl sites for hydroxylation is 1. The zero-order valence-electron chi connectivity index (χ0n) is 14.9. The third-order valence-electron chi connectivity index (χ3n) is 3.20. The van der Waals surface area contributed by atoms with Crippen LogP contribution < -0.4 is 19.5 Å². The highest BCUT2D eigenvalue weighted by atomic mass is 35.5. The molecule has 1 aromatic heterocycles. The van der Waals surface area contributed by atoms with Gasteiger partial charge in [-0.1, -0.05) is 11.6 Å². The predicted octanol–water partition coefficient (Wildman–Crippen LogP) is 2.02. The number of nitrogens with one attached hydrogen (secondary N) is 1. The number of rotatable bonds is 8. The van der Waals surface area contributed by atoms with E-state index in [-0.39, 0.29) is 24.3 Å². The number of hydrogen-bond acceptors (Lipinski definition) is 8. The third kappa shape index (κ3) is 6.30.